The summed E-state index contributed by atoms with van der Waals surface area (Å²) in [6.45, 7) is 23.0. The van der Waals surface area contributed by atoms with Gasteiger partial charge >= 0.3 is 0 Å². The second-order valence-corrected chi connectivity index (χ2v) is 8.00. The fraction of sp³-hybridized carbons (Fsp3) is 1.00. The van der Waals surface area contributed by atoms with Gasteiger partial charge in [-0.3, -0.25) is 0 Å². The normalized spacial score (nSPS) is 33.4. The predicted molar refractivity (Wildman–Crippen MR) is 70.6 cm³/mol. The van der Waals surface area contributed by atoms with Gasteiger partial charge in [0.1, 0.15) is 0 Å². The van der Waals surface area contributed by atoms with E-state index in [2.05, 4.69) is 69.2 Å². The van der Waals surface area contributed by atoms with Crippen LogP contribution in [0, 0.1) is 16.2 Å². The molecule has 0 spiro atoms. The Morgan fingerprint density at radius 1 is 0.438 bits per heavy atom. The Kier molecular flexibility index (Phi) is 2.67. The first kappa shape index (κ1) is 14.0. The lowest BCUT2D eigenvalue weighted by Gasteiger charge is -2.69. The topological polar surface area (TPSA) is 9.23 Å². The fourth-order valence-corrected chi connectivity index (χ4v) is 3.18. The summed E-state index contributed by atoms with van der Waals surface area (Å²) in [5.41, 5.74) is 0.286. The van der Waals surface area contributed by atoms with E-state index in [1.54, 1.807) is 0 Å². The molecule has 0 aromatic carbocycles. The van der Waals surface area contributed by atoms with E-state index < -0.39 is 0 Å². The van der Waals surface area contributed by atoms with E-state index in [9.17, 15) is 0 Å². The molecule has 0 atom stereocenters. The van der Waals surface area contributed by atoms with Crippen molar-refractivity contribution in [1.29, 1.82) is 0 Å². The summed E-state index contributed by atoms with van der Waals surface area (Å²) in [4.78, 5) is 0. The zero-order valence-corrected chi connectivity index (χ0v) is 12.9. The molecule has 1 heterocycles. The van der Waals surface area contributed by atoms with Crippen molar-refractivity contribution in [2.45, 2.75) is 80.4 Å². The molecule has 0 amide bonds. The molecular formula is C15H30O. The lowest BCUT2D eigenvalue weighted by atomic mass is 9.44. The molecule has 0 bridgehead atoms. The van der Waals surface area contributed by atoms with Crippen molar-refractivity contribution in [2.24, 2.45) is 16.2 Å². The molecule has 16 heavy (non-hydrogen) atoms. The van der Waals surface area contributed by atoms with Gasteiger partial charge in [0.05, 0.1) is 11.2 Å². The summed E-state index contributed by atoms with van der Waals surface area (Å²) in [5, 5.41) is 0. The van der Waals surface area contributed by atoms with Crippen LogP contribution in [-0.4, -0.2) is 11.2 Å². The number of ether oxygens (including phenoxy) is 1. The van der Waals surface area contributed by atoms with Gasteiger partial charge in [0.25, 0.3) is 0 Å². The molecule has 0 unspecified atom stereocenters. The Hall–Kier alpha value is -0.0400. The second kappa shape index (κ2) is 3.04. The van der Waals surface area contributed by atoms with Crippen molar-refractivity contribution in [2.75, 3.05) is 0 Å². The highest BCUT2D eigenvalue weighted by Gasteiger charge is 2.65. The third-order valence-corrected chi connectivity index (χ3v) is 6.65. The first-order valence-corrected chi connectivity index (χ1v) is 6.41. The van der Waals surface area contributed by atoms with Crippen LogP contribution in [0.25, 0.3) is 0 Å². The third kappa shape index (κ3) is 1.33. The van der Waals surface area contributed by atoms with Gasteiger partial charge in [-0.1, -0.05) is 41.5 Å². The first-order chi connectivity index (χ1) is 6.71. The van der Waals surface area contributed by atoms with E-state index in [1.807, 2.05) is 0 Å². The minimum atomic E-state index is -0.102. The lowest BCUT2D eigenvalue weighted by molar-refractivity contribution is -0.323. The minimum Gasteiger partial charge on any atom is -0.369 e. The van der Waals surface area contributed by atoms with Crippen LogP contribution in [0.2, 0.25) is 0 Å². The molecular weight excluding hydrogens is 196 g/mol. The minimum absolute atomic E-state index is 0.102. The number of rotatable bonds is 0. The third-order valence-electron chi connectivity index (χ3n) is 6.65. The summed E-state index contributed by atoms with van der Waals surface area (Å²) in [6, 6.07) is 0. The molecule has 1 fully saturated rings. The monoisotopic (exact) mass is 226 g/mol. The Balaban J connectivity index is 3.43. The van der Waals surface area contributed by atoms with Gasteiger partial charge in [-0.2, -0.15) is 0 Å². The Morgan fingerprint density at radius 2 is 0.688 bits per heavy atom. The van der Waals surface area contributed by atoms with Crippen LogP contribution in [0.4, 0.5) is 0 Å². The molecule has 1 aliphatic rings. The van der Waals surface area contributed by atoms with Gasteiger partial charge in [-0.25, -0.2) is 0 Å². The zero-order chi connectivity index (χ0) is 13.2. The van der Waals surface area contributed by atoms with Crippen LogP contribution in [-0.2, 0) is 4.74 Å². The molecule has 0 aliphatic carbocycles. The first-order valence-electron chi connectivity index (χ1n) is 6.41. The Labute approximate surface area is 102 Å². The van der Waals surface area contributed by atoms with Crippen molar-refractivity contribution >= 4 is 0 Å². The van der Waals surface area contributed by atoms with Crippen molar-refractivity contribution < 1.29 is 4.74 Å². The second-order valence-electron chi connectivity index (χ2n) is 8.00. The smallest absolute Gasteiger partial charge is 0.0690 e. The maximum absolute atomic E-state index is 6.43. The van der Waals surface area contributed by atoms with Crippen LogP contribution in [0.15, 0.2) is 0 Å². The SMILES string of the molecule is CC1(C)OC(C)(C)C(C)(C)C(C)(C)C1(C)C. The molecule has 96 valence electrons. The van der Waals surface area contributed by atoms with E-state index >= 15 is 0 Å². The van der Waals surface area contributed by atoms with Crippen molar-refractivity contribution in [3.05, 3.63) is 0 Å². The predicted octanol–water partition coefficient (Wildman–Crippen LogP) is 4.65. The van der Waals surface area contributed by atoms with E-state index in [0.29, 0.717) is 0 Å². The molecule has 0 N–H and O–H groups in total. The lowest BCUT2D eigenvalue weighted by Crippen LogP contribution is -2.69. The van der Waals surface area contributed by atoms with Crippen molar-refractivity contribution in [3.8, 4) is 0 Å². The van der Waals surface area contributed by atoms with Crippen LogP contribution in [0.5, 0.6) is 0 Å². The standard InChI is InChI=1S/C15H30O/c1-11(2)12(3,4)14(7,8)16-15(9,10)13(11,5)6/h1-10H3. The molecule has 1 rings (SSSR count). The largest absolute Gasteiger partial charge is 0.369 e. The average Bonchev–Trinajstić information content (AvgIpc) is 1.98. The van der Waals surface area contributed by atoms with Crippen LogP contribution in [0.1, 0.15) is 69.2 Å². The summed E-state index contributed by atoms with van der Waals surface area (Å²) in [5.74, 6) is 0. The van der Waals surface area contributed by atoms with E-state index in [4.69, 9.17) is 4.74 Å². The van der Waals surface area contributed by atoms with Crippen LogP contribution >= 0.6 is 0 Å². The van der Waals surface area contributed by atoms with Gasteiger partial charge in [0.15, 0.2) is 0 Å². The van der Waals surface area contributed by atoms with E-state index in [-0.39, 0.29) is 27.4 Å². The molecule has 1 nitrogen and oxygen atoms in total. The molecule has 1 aliphatic heterocycles. The Morgan fingerprint density at radius 3 is 0.938 bits per heavy atom. The van der Waals surface area contributed by atoms with Crippen molar-refractivity contribution in [1.82, 2.24) is 0 Å². The quantitative estimate of drug-likeness (QED) is 0.584. The average molecular weight is 226 g/mol. The summed E-state index contributed by atoms with van der Waals surface area (Å²) in [7, 11) is 0. The van der Waals surface area contributed by atoms with Gasteiger partial charge in [-0.05, 0) is 43.9 Å². The molecule has 0 saturated carbocycles. The zero-order valence-electron chi connectivity index (χ0n) is 12.9. The van der Waals surface area contributed by atoms with Gasteiger partial charge < -0.3 is 4.74 Å². The summed E-state index contributed by atoms with van der Waals surface area (Å²) >= 11 is 0. The van der Waals surface area contributed by atoms with Crippen LogP contribution in [0.3, 0.4) is 0 Å². The van der Waals surface area contributed by atoms with Gasteiger partial charge in [0, 0.05) is 0 Å². The van der Waals surface area contributed by atoms with Crippen molar-refractivity contribution in [3.63, 3.8) is 0 Å². The number of hydrogen-bond donors (Lipinski definition) is 0. The van der Waals surface area contributed by atoms with E-state index in [0.717, 1.165) is 0 Å². The molecule has 0 aromatic rings. The highest BCUT2D eigenvalue weighted by molar-refractivity contribution is 5.13. The highest BCUT2D eigenvalue weighted by atomic mass is 16.5. The molecule has 0 aromatic heterocycles. The highest BCUT2D eigenvalue weighted by Crippen LogP contribution is 2.65. The maximum Gasteiger partial charge on any atom is 0.0690 e. The van der Waals surface area contributed by atoms with Gasteiger partial charge in [0.2, 0.25) is 0 Å². The molecule has 0 radical (unpaired) electrons. The molecule has 1 saturated heterocycles. The maximum atomic E-state index is 6.43. The van der Waals surface area contributed by atoms with E-state index in [1.165, 1.54) is 0 Å². The number of hydrogen-bond acceptors (Lipinski definition) is 1. The fourth-order valence-electron chi connectivity index (χ4n) is 3.18. The Bertz CT molecular complexity index is 265. The van der Waals surface area contributed by atoms with Crippen LogP contribution < -0.4 is 0 Å². The summed E-state index contributed by atoms with van der Waals surface area (Å²) < 4.78 is 6.43. The molecule has 1 heteroatoms. The summed E-state index contributed by atoms with van der Waals surface area (Å²) in [6.07, 6.45) is 0. The van der Waals surface area contributed by atoms with Gasteiger partial charge in [-0.15, -0.1) is 0 Å².